The van der Waals surface area contributed by atoms with Crippen molar-refractivity contribution in [2.24, 2.45) is 0 Å². The van der Waals surface area contributed by atoms with Gasteiger partial charge in [0.1, 0.15) is 11.6 Å². The van der Waals surface area contributed by atoms with E-state index in [1.165, 1.54) is 6.92 Å². The molecule has 0 heterocycles. The van der Waals surface area contributed by atoms with E-state index in [4.69, 9.17) is 0 Å². The van der Waals surface area contributed by atoms with Gasteiger partial charge in [-0.2, -0.15) is 0 Å². The second-order valence-corrected chi connectivity index (χ2v) is 5.60. The lowest BCUT2D eigenvalue weighted by Crippen LogP contribution is -2.41. The topological polar surface area (TPSA) is 49.3 Å². The molecule has 2 aromatic rings. The van der Waals surface area contributed by atoms with Crippen molar-refractivity contribution in [1.82, 2.24) is 0 Å². The van der Waals surface area contributed by atoms with Crippen LogP contribution in [0.4, 0.5) is 14.5 Å². The number of rotatable bonds is 4. The third-order valence-corrected chi connectivity index (χ3v) is 3.66. The largest absolute Gasteiger partial charge is 0.479 e. The zero-order valence-electron chi connectivity index (χ0n) is 11.0. The maximum atomic E-state index is 13.9. The fourth-order valence-electron chi connectivity index (χ4n) is 1.94. The van der Waals surface area contributed by atoms with Gasteiger partial charge in [-0.25, -0.2) is 13.6 Å². The lowest BCUT2D eigenvalue weighted by atomic mass is 9.91. The number of carboxylic acids is 1. The maximum absolute atomic E-state index is 13.9. The van der Waals surface area contributed by atoms with Crippen molar-refractivity contribution in [3.05, 3.63) is 64.1 Å². The predicted octanol–water partition coefficient (Wildman–Crippen LogP) is 4.14. The van der Waals surface area contributed by atoms with Gasteiger partial charge >= 0.3 is 5.97 Å². The van der Waals surface area contributed by atoms with Gasteiger partial charge in [-0.15, -0.1) is 0 Å². The third kappa shape index (κ3) is 3.21. The van der Waals surface area contributed by atoms with Crippen LogP contribution in [-0.2, 0) is 10.3 Å². The van der Waals surface area contributed by atoms with Crippen LogP contribution in [0.25, 0.3) is 0 Å². The standard InChI is InChI=1S/C15H12BrF2NO2/c1-15(14(20)21,12-8-10(17)4-7-13(12)18)19-11-5-2-9(16)3-6-11/h2-8,19H,1H3,(H,20,21). The number of halogens is 3. The molecule has 0 spiro atoms. The van der Waals surface area contributed by atoms with Crippen LogP contribution in [0.1, 0.15) is 12.5 Å². The first-order valence-electron chi connectivity index (χ1n) is 6.05. The van der Waals surface area contributed by atoms with Gasteiger partial charge in [-0.05, 0) is 49.4 Å². The maximum Gasteiger partial charge on any atom is 0.333 e. The summed E-state index contributed by atoms with van der Waals surface area (Å²) < 4.78 is 28.1. The highest BCUT2D eigenvalue weighted by Crippen LogP contribution is 2.29. The number of hydrogen-bond donors (Lipinski definition) is 2. The van der Waals surface area contributed by atoms with E-state index < -0.39 is 23.1 Å². The van der Waals surface area contributed by atoms with Crippen LogP contribution in [0.5, 0.6) is 0 Å². The van der Waals surface area contributed by atoms with Crippen molar-refractivity contribution in [2.75, 3.05) is 5.32 Å². The minimum absolute atomic E-state index is 0.266. The summed E-state index contributed by atoms with van der Waals surface area (Å²) in [6.45, 7) is 1.29. The number of carboxylic acid groups (broad SMARTS) is 1. The van der Waals surface area contributed by atoms with Gasteiger partial charge in [-0.1, -0.05) is 15.9 Å². The van der Waals surface area contributed by atoms with E-state index in [1.54, 1.807) is 24.3 Å². The third-order valence-electron chi connectivity index (χ3n) is 3.13. The zero-order valence-corrected chi connectivity index (χ0v) is 12.6. The van der Waals surface area contributed by atoms with Crippen molar-refractivity contribution in [3.8, 4) is 0 Å². The molecule has 3 nitrogen and oxygen atoms in total. The summed E-state index contributed by atoms with van der Waals surface area (Å²) in [7, 11) is 0. The van der Waals surface area contributed by atoms with Gasteiger partial charge in [0, 0.05) is 15.7 Å². The van der Waals surface area contributed by atoms with Gasteiger partial charge in [0.2, 0.25) is 0 Å². The van der Waals surface area contributed by atoms with E-state index >= 15 is 0 Å². The highest BCUT2D eigenvalue weighted by Gasteiger charge is 2.38. The van der Waals surface area contributed by atoms with E-state index in [0.29, 0.717) is 5.69 Å². The van der Waals surface area contributed by atoms with E-state index in [-0.39, 0.29) is 5.56 Å². The normalized spacial score (nSPS) is 13.5. The first-order chi connectivity index (χ1) is 9.83. The first-order valence-corrected chi connectivity index (χ1v) is 6.85. The highest BCUT2D eigenvalue weighted by atomic mass is 79.9. The average Bonchev–Trinajstić information content (AvgIpc) is 2.43. The number of benzene rings is 2. The van der Waals surface area contributed by atoms with E-state index in [0.717, 1.165) is 22.7 Å². The Balaban J connectivity index is 2.47. The second kappa shape index (κ2) is 5.81. The minimum atomic E-state index is -1.79. The molecule has 6 heteroatoms. The molecule has 2 N–H and O–H groups in total. The molecule has 0 aliphatic carbocycles. The number of anilines is 1. The SMILES string of the molecule is CC(Nc1ccc(Br)cc1)(C(=O)O)c1cc(F)ccc1F. The monoisotopic (exact) mass is 355 g/mol. The van der Waals surface area contributed by atoms with Gasteiger partial charge in [0.25, 0.3) is 0 Å². The Kier molecular flexibility index (Phi) is 4.27. The summed E-state index contributed by atoms with van der Waals surface area (Å²) in [6.07, 6.45) is 0. The molecule has 0 saturated carbocycles. The Bertz CT molecular complexity index is 676. The van der Waals surface area contributed by atoms with Crippen LogP contribution in [0, 0.1) is 11.6 Å². The first kappa shape index (κ1) is 15.4. The molecular formula is C15H12BrF2NO2. The molecule has 2 aromatic carbocycles. The van der Waals surface area contributed by atoms with Crippen LogP contribution in [0.2, 0.25) is 0 Å². The molecule has 0 bridgehead atoms. The molecule has 0 saturated heterocycles. The molecule has 0 aliphatic rings. The van der Waals surface area contributed by atoms with Gasteiger partial charge in [0.05, 0.1) is 0 Å². The average molecular weight is 356 g/mol. The number of carbonyl (C=O) groups is 1. The Morgan fingerprint density at radius 2 is 1.81 bits per heavy atom. The lowest BCUT2D eigenvalue weighted by Gasteiger charge is -2.28. The van der Waals surface area contributed by atoms with E-state index in [9.17, 15) is 18.7 Å². The van der Waals surface area contributed by atoms with Crippen LogP contribution in [0.3, 0.4) is 0 Å². The van der Waals surface area contributed by atoms with Crippen LogP contribution in [0.15, 0.2) is 46.9 Å². The molecule has 21 heavy (non-hydrogen) atoms. The van der Waals surface area contributed by atoms with Crippen molar-refractivity contribution >= 4 is 27.6 Å². The highest BCUT2D eigenvalue weighted by molar-refractivity contribution is 9.10. The number of hydrogen-bond acceptors (Lipinski definition) is 2. The Labute approximate surface area is 128 Å². The summed E-state index contributed by atoms with van der Waals surface area (Å²) >= 11 is 3.27. The van der Waals surface area contributed by atoms with Crippen LogP contribution in [-0.4, -0.2) is 11.1 Å². The number of nitrogens with one attached hydrogen (secondary N) is 1. The van der Waals surface area contributed by atoms with Gasteiger partial charge < -0.3 is 10.4 Å². The summed E-state index contributed by atoms with van der Waals surface area (Å²) in [5.41, 5.74) is -1.58. The summed E-state index contributed by atoms with van der Waals surface area (Å²) in [4.78, 5) is 11.6. The fraction of sp³-hybridized carbons (Fsp3) is 0.133. The van der Waals surface area contributed by atoms with E-state index in [2.05, 4.69) is 21.2 Å². The Morgan fingerprint density at radius 3 is 2.38 bits per heavy atom. The lowest BCUT2D eigenvalue weighted by molar-refractivity contribution is -0.142. The molecular weight excluding hydrogens is 344 g/mol. The zero-order chi connectivity index (χ0) is 15.6. The van der Waals surface area contributed by atoms with Gasteiger partial charge in [0.15, 0.2) is 5.54 Å². The Morgan fingerprint density at radius 1 is 1.19 bits per heavy atom. The molecule has 0 amide bonds. The van der Waals surface area contributed by atoms with Crippen molar-refractivity contribution in [1.29, 1.82) is 0 Å². The molecule has 110 valence electrons. The van der Waals surface area contributed by atoms with Crippen LogP contribution < -0.4 is 5.32 Å². The smallest absolute Gasteiger partial charge is 0.333 e. The molecule has 1 unspecified atom stereocenters. The van der Waals surface area contributed by atoms with Crippen molar-refractivity contribution in [2.45, 2.75) is 12.5 Å². The summed E-state index contributed by atoms with van der Waals surface area (Å²) in [5, 5.41) is 12.2. The molecule has 0 aromatic heterocycles. The fourth-order valence-corrected chi connectivity index (χ4v) is 2.20. The summed E-state index contributed by atoms with van der Waals surface area (Å²) in [6, 6.07) is 9.45. The second-order valence-electron chi connectivity index (χ2n) is 4.69. The predicted molar refractivity (Wildman–Crippen MR) is 79.1 cm³/mol. The molecule has 1 atom stereocenters. The Hall–Kier alpha value is -1.95. The quantitative estimate of drug-likeness (QED) is 0.866. The van der Waals surface area contributed by atoms with Gasteiger partial charge in [-0.3, -0.25) is 0 Å². The van der Waals surface area contributed by atoms with Crippen molar-refractivity contribution in [3.63, 3.8) is 0 Å². The van der Waals surface area contributed by atoms with Crippen molar-refractivity contribution < 1.29 is 18.7 Å². The molecule has 0 aliphatic heterocycles. The van der Waals surface area contributed by atoms with E-state index in [1.807, 2.05) is 0 Å². The summed E-state index contributed by atoms with van der Waals surface area (Å²) in [5.74, 6) is -2.79. The minimum Gasteiger partial charge on any atom is -0.479 e. The van der Waals surface area contributed by atoms with Crippen LogP contribution >= 0.6 is 15.9 Å². The number of aliphatic carboxylic acids is 1. The molecule has 0 fully saturated rings. The molecule has 2 rings (SSSR count). The molecule has 0 radical (unpaired) electrons.